The molecule has 0 unspecified atom stereocenters. The summed E-state index contributed by atoms with van der Waals surface area (Å²) in [5.74, 6) is 0. The van der Waals surface area contributed by atoms with E-state index in [4.69, 9.17) is 5.73 Å². The number of carbonyl (C=O) groups is 1. The molecule has 5 heteroatoms. The van der Waals surface area contributed by atoms with Gasteiger partial charge in [-0.3, -0.25) is 0 Å². The first kappa shape index (κ1) is 16.5. The highest BCUT2D eigenvalue weighted by Crippen LogP contribution is 1.90. The maximum Gasteiger partial charge on any atom is 0.133 e. The molecule has 17 heavy (non-hydrogen) atoms. The number of likely N-dealkylation sites (N-methyl/N-ethyl adjacent to an activating group) is 2. The van der Waals surface area contributed by atoms with Crippen LogP contribution in [0.4, 0.5) is 0 Å². The molecule has 0 aromatic carbocycles. The van der Waals surface area contributed by atoms with Crippen molar-refractivity contribution < 1.29 is 4.79 Å². The summed E-state index contributed by atoms with van der Waals surface area (Å²) in [6.45, 7) is 6.44. The molecule has 0 aliphatic heterocycles. The zero-order valence-corrected chi connectivity index (χ0v) is 11.3. The van der Waals surface area contributed by atoms with E-state index in [9.17, 15) is 4.79 Å². The summed E-state index contributed by atoms with van der Waals surface area (Å²) in [4.78, 5) is 14.7. The van der Waals surface area contributed by atoms with Crippen LogP contribution in [-0.4, -0.2) is 76.0 Å². The predicted molar refractivity (Wildman–Crippen MR) is 72.2 cm³/mol. The summed E-state index contributed by atoms with van der Waals surface area (Å²) in [7, 11) is 4.27. The van der Waals surface area contributed by atoms with Crippen molar-refractivity contribution in [1.82, 2.24) is 15.1 Å². The van der Waals surface area contributed by atoms with Crippen LogP contribution >= 0.6 is 0 Å². The third-order valence-electron chi connectivity index (χ3n) is 2.73. The van der Waals surface area contributed by atoms with Gasteiger partial charge in [-0.15, -0.1) is 0 Å². The quantitative estimate of drug-likeness (QED) is 0.354. The number of hydrogen-bond donors (Lipinski definition) is 2. The predicted octanol–water partition coefficient (Wildman–Crippen LogP) is -0.623. The molecule has 0 aliphatic rings. The van der Waals surface area contributed by atoms with E-state index in [0.29, 0.717) is 6.54 Å². The van der Waals surface area contributed by atoms with Gasteiger partial charge in [-0.2, -0.15) is 0 Å². The first-order valence-electron chi connectivity index (χ1n) is 6.42. The number of rotatable bonds is 12. The Hall–Kier alpha value is -0.490. The standard InChI is InChI=1S/C12H28N4O/c1-15(8-3-5-13)10-11-16(2)9-4-6-14-7-12-17/h12,14H,3-11,13H2,1-2H3. The van der Waals surface area contributed by atoms with Crippen molar-refractivity contribution in [3.63, 3.8) is 0 Å². The van der Waals surface area contributed by atoms with E-state index in [-0.39, 0.29) is 0 Å². The van der Waals surface area contributed by atoms with E-state index in [1.165, 1.54) is 0 Å². The highest BCUT2D eigenvalue weighted by Gasteiger charge is 2.01. The smallest absolute Gasteiger partial charge is 0.133 e. The molecule has 0 rings (SSSR count). The molecule has 0 aliphatic carbocycles. The fourth-order valence-electron chi connectivity index (χ4n) is 1.56. The summed E-state index contributed by atoms with van der Waals surface area (Å²) < 4.78 is 0. The average molecular weight is 244 g/mol. The van der Waals surface area contributed by atoms with Gasteiger partial charge < -0.3 is 25.6 Å². The third-order valence-corrected chi connectivity index (χ3v) is 2.73. The molecule has 102 valence electrons. The Bertz CT molecular complexity index is 178. The average Bonchev–Trinajstić information content (AvgIpc) is 2.33. The van der Waals surface area contributed by atoms with Crippen molar-refractivity contribution in [2.75, 3.05) is 59.9 Å². The molecule has 0 saturated carbocycles. The lowest BCUT2D eigenvalue weighted by atomic mass is 10.3. The molecule has 0 heterocycles. The first-order chi connectivity index (χ1) is 8.20. The minimum absolute atomic E-state index is 0.464. The lowest BCUT2D eigenvalue weighted by molar-refractivity contribution is -0.107. The van der Waals surface area contributed by atoms with Crippen LogP contribution in [0.3, 0.4) is 0 Å². The van der Waals surface area contributed by atoms with Gasteiger partial charge in [0.15, 0.2) is 0 Å². The second-order valence-electron chi connectivity index (χ2n) is 4.47. The molecular weight excluding hydrogens is 216 g/mol. The van der Waals surface area contributed by atoms with Crippen LogP contribution in [0.1, 0.15) is 12.8 Å². The van der Waals surface area contributed by atoms with E-state index in [1.54, 1.807) is 0 Å². The fourth-order valence-corrected chi connectivity index (χ4v) is 1.56. The van der Waals surface area contributed by atoms with Crippen molar-refractivity contribution in [1.29, 1.82) is 0 Å². The van der Waals surface area contributed by atoms with E-state index >= 15 is 0 Å². The number of nitrogens with one attached hydrogen (secondary N) is 1. The lowest BCUT2D eigenvalue weighted by Crippen LogP contribution is -2.33. The summed E-state index contributed by atoms with van der Waals surface area (Å²) in [6, 6.07) is 0. The molecule has 0 bridgehead atoms. The topological polar surface area (TPSA) is 61.6 Å². The number of hydrogen-bond acceptors (Lipinski definition) is 5. The van der Waals surface area contributed by atoms with Gasteiger partial charge in [-0.05, 0) is 53.1 Å². The minimum Gasteiger partial charge on any atom is -0.330 e. The molecule has 0 atom stereocenters. The monoisotopic (exact) mass is 244 g/mol. The molecule has 3 N–H and O–H groups in total. The van der Waals surface area contributed by atoms with E-state index in [2.05, 4.69) is 29.2 Å². The fraction of sp³-hybridized carbons (Fsp3) is 0.917. The molecule has 5 nitrogen and oxygen atoms in total. The van der Waals surface area contributed by atoms with Crippen LogP contribution in [-0.2, 0) is 4.79 Å². The van der Waals surface area contributed by atoms with Gasteiger partial charge in [0.2, 0.25) is 0 Å². The van der Waals surface area contributed by atoms with Crippen molar-refractivity contribution in [3.05, 3.63) is 0 Å². The molecule has 0 radical (unpaired) electrons. The zero-order chi connectivity index (χ0) is 12.9. The normalized spacial score (nSPS) is 11.4. The third kappa shape index (κ3) is 11.8. The SMILES string of the molecule is CN(CCCN)CCN(C)CCCNCC=O. The second-order valence-corrected chi connectivity index (χ2v) is 4.47. The Morgan fingerprint density at radius 3 is 2.18 bits per heavy atom. The Kier molecular flexibility index (Phi) is 11.6. The molecule has 0 amide bonds. The minimum atomic E-state index is 0.464. The molecule has 0 aromatic rings. The number of aldehydes is 1. The van der Waals surface area contributed by atoms with E-state index in [0.717, 1.165) is 58.4 Å². The van der Waals surface area contributed by atoms with Crippen LogP contribution in [0, 0.1) is 0 Å². The van der Waals surface area contributed by atoms with Gasteiger partial charge in [0.05, 0.1) is 6.54 Å². The summed E-state index contributed by atoms with van der Waals surface area (Å²) in [5.41, 5.74) is 5.47. The van der Waals surface area contributed by atoms with E-state index in [1.807, 2.05) is 0 Å². The molecule has 0 saturated heterocycles. The second kappa shape index (κ2) is 12.0. The van der Waals surface area contributed by atoms with Gasteiger partial charge >= 0.3 is 0 Å². The molecular formula is C12H28N4O. The van der Waals surface area contributed by atoms with Gasteiger partial charge in [0, 0.05) is 13.1 Å². The highest BCUT2D eigenvalue weighted by atomic mass is 16.1. The Labute approximate surface area is 105 Å². The Balaban J connectivity index is 3.32. The van der Waals surface area contributed by atoms with E-state index < -0.39 is 0 Å². The van der Waals surface area contributed by atoms with Gasteiger partial charge in [-0.25, -0.2) is 0 Å². The van der Waals surface area contributed by atoms with Crippen molar-refractivity contribution in [2.24, 2.45) is 5.73 Å². The maximum absolute atomic E-state index is 10.1. The Morgan fingerprint density at radius 1 is 1.06 bits per heavy atom. The number of nitrogens with zero attached hydrogens (tertiary/aromatic N) is 2. The summed E-state index contributed by atoms with van der Waals surface area (Å²) in [5, 5.41) is 3.06. The van der Waals surface area contributed by atoms with Crippen molar-refractivity contribution >= 4 is 6.29 Å². The van der Waals surface area contributed by atoms with Crippen molar-refractivity contribution in [3.8, 4) is 0 Å². The van der Waals surface area contributed by atoms with Crippen LogP contribution in [0.25, 0.3) is 0 Å². The van der Waals surface area contributed by atoms with Gasteiger partial charge in [-0.1, -0.05) is 0 Å². The Morgan fingerprint density at radius 2 is 1.65 bits per heavy atom. The maximum atomic E-state index is 10.1. The first-order valence-corrected chi connectivity index (χ1v) is 6.42. The zero-order valence-electron chi connectivity index (χ0n) is 11.3. The number of nitrogens with two attached hydrogens (primary N) is 1. The molecule has 0 spiro atoms. The van der Waals surface area contributed by atoms with Crippen LogP contribution in [0.15, 0.2) is 0 Å². The lowest BCUT2D eigenvalue weighted by Gasteiger charge is -2.21. The highest BCUT2D eigenvalue weighted by molar-refractivity contribution is 5.51. The van der Waals surface area contributed by atoms with Crippen LogP contribution < -0.4 is 11.1 Å². The molecule has 0 fully saturated rings. The summed E-state index contributed by atoms with van der Waals surface area (Å²) >= 11 is 0. The van der Waals surface area contributed by atoms with Gasteiger partial charge in [0.25, 0.3) is 0 Å². The molecule has 0 aromatic heterocycles. The van der Waals surface area contributed by atoms with Crippen LogP contribution in [0.2, 0.25) is 0 Å². The van der Waals surface area contributed by atoms with Crippen molar-refractivity contribution in [2.45, 2.75) is 12.8 Å². The van der Waals surface area contributed by atoms with Gasteiger partial charge in [0.1, 0.15) is 6.29 Å². The van der Waals surface area contributed by atoms with Crippen LogP contribution in [0.5, 0.6) is 0 Å². The number of carbonyl (C=O) groups excluding carboxylic acids is 1. The summed E-state index contributed by atoms with van der Waals surface area (Å²) in [6.07, 6.45) is 3.04. The largest absolute Gasteiger partial charge is 0.330 e.